The third-order valence-electron chi connectivity index (χ3n) is 3.55. The molecule has 0 bridgehead atoms. The first kappa shape index (κ1) is 12.1. The Morgan fingerprint density at radius 3 is 2.82 bits per heavy atom. The van der Waals surface area contributed by atoms with Gasteiger partial charge in [0, 0.05) is 6.54 Å². The Bertz CT molecular complexity index is 396. The molecule has 5 nitrogen and oxygen atoms in total. The molecule has 0 radical (unpaired) electrons. The minimum absolute atomic E-state index is 0.0212. The van der Waals surface area contributed by atoms with Crippen molar-refractivity contribution in [2.75, 3.05) is 0 Å². The second-order valence-corrected chi connectivity index (χ2v) is 4.72. The molecule has 0 aliphatic heterocycles. The van der Waals surface area contributed by atoms with Gasteiger partial charge in [0.2, 0.25) is 0 Å². The maximum atomic E-state index is 10.7. The number of carboxylic acid groups (broad SMARTS) is 1. The smallest absolute Gasteiger partial charge is 0.309 e. The van der Waals surface area contributed by atoms with E-state index >= 15 is 0 Å². The predicted molar refractivity (Wildman–Crippen MR) is 62.7 cm³/mol. The van der Waals surface area contributed by atoms with E-state index in [9.17, 15) is 4.79 Å². The molecule has 2 rings (SSSR count). The van der Waals surface area contributed by atoms with Gasteiger partial charge in [-0.15, -0.1) is 5.10 Å². The molecular weight excluding hydrogens is 218 g/mol. The summed E-state index contributed by atoms with van der Waals surface area (Å²) in [5.74, 6) is -0.00225. The van der Waals surface area contributed by atoms with E-state index in [0.717, 1.165) is 31.0 Å². The summed E-state index contributed by atoms with van der Waals surface area (Å²) in [4.78, 5) is 10.7. The van der Waals surface area contributed by atoms with Crippen LogP contribution in [-0.4, -0.2) is 26.1 Å². The van der Waals surface area contributed by atoms with Gasteiger partial charge in [0.1, 0.15) is 0 Å². The molecular formula is C12H19N3O2. The highest BCUT2D eigenvalue weighted by atomic mass is 16.4. The zero-order valence-corrected chi connectivity index (χ0v) is 10.2. The van der Waals surface area contributed by atoms with Gasteiger partial charge in [-0.2, -0.15) is 0 Å². The van der Waals surface area contributed by atoms with Crippen LogP contribution >= 0.6 is 0 Å². The fourth-order valence-electron chi connectivity index (χ4n) is 2.30. The molecule has 1 aliphatic carbocycles. The molecule has 1 heterocycles. The van der Waals surface area contributed by atoms with Gasteiger partial charge in [-0.1, -0.05) is 31.4 Å². The van der Waals surface area contributed by atoms with Crippen molar-refractivity contribution in [3.8, 4) is 0 Å². The fourth-order valence-corrected chi connectivity index (χ4v) is 2.30. The highest BCUT2D eigenvalue weighted by Crippen LogP contribution is 2.29. The number of carbonyl (C=O) groups is 1. The minimum Gasteiger partial charge on any atom is -0.481 e. The van der Waals surface area contributed by atoms with Gasteiger partial charge in [0.05, 0.1) is 17.8 Å². The first-order valence-corrected chi connectivity index (χ1v) is 6.33. The Balaban J connectivity index is 2.00. The van der Waals surface area contributed by atoms with Crippen LogP contribution in [0.1, 0.15) is 44.0 Å². The van der Waals surface area contributed by atoms with Crippen LogP contribution in [0.5, 0.6) is 0 Å². The Morgan fingerprint density at radius 2 is 2.29 bits per heavy atom. The Labute approximate surface area is 101 Å². The van der Waals surface area contributed by atoms with E-state index in [1.807, 2.05) is 11.6 Å². The van der Waals surface area contributed by atoms with E-state index in [0.29, 0.717) is 5.69 Å². The molecule has 1 aliphatic rings. The SMILES string of the molecule is CCc1c(CC(=O)O)nnn1CCC1CCC1. The van der Waals surface area contributed by atoms with Crippen LogP contribution in [0.15, 0.2) is 0 Å². The van der Waals surface area contributed by atoms with Gasteiger partial charge in [-0.25, -0.2) is 4.68 Å². The quantitative estimate of drug-likeness (QED) is 0.817. The van der Waals surface area contributed by atoms with Crippen LogP contribution in [-0.2, 0) is 24.2 Å². The number of carboxylic acids is 1. The van der Waals surface area contributed by atoms with Crippen LogP contribution < -0.4 is 0 Å². The number of hydrogen-bond donors (Lipinski definition) is 1. The van der Waals surface area contributed by atoms with Gasteiger partial charge < -0.3 is 5.11 Å². The lowest BCUT2D eigenvalue weighted by atomic mass is 9.83. The first-order chi connectivity index (χ1) is 8.20. The van der Waals surface area contributed by atoms with E-state index in [2.05, 4.69) is 10.3 Å². The molecule has 17 heavy (non-hydrogen) atoms. The summed E-state index contributed by atoms with van der Waals surface area (Å²) in [5.41, 5.74) is 1.60. The molecule has 0 saturated heterocycles. The molecule has 1 N–H and O–H groups in total. The summed E-state index contributed by atoms with van der Waals surface area (Å²) < 4.78 is 1.89. The summed E-state index contributed by atoms with van der Waals surface area (Å²) >= 11 is 0. The summed E-state index contributed by atoms with van der Waals surface area (Å²) in [7, 11) is 0. The Morgan fingerprint density at radius 1 is 1.53 bits per heavy atom. The molecule has 0 spiro atoms. The maximum Gasteiger partial charge on any atom is 0.309 e. The van der Waals surface area contributed by atoms with Crippen LogP contribution in [0.2, 0.25) is 0 Å². The second-order valence-electron chi connectivity index (χ2n) is 4.72. The van der Waals surface area contributed by atoms with Crippen molar-refractivity contribution in [3.05, 3.63) is 11.4 Å². The molecule has 0 unspecified atom stereocenters. The van der Waals surface area contributed by atoms with Crippen molar-refractivity contribution in [2.45, 2.75) is 52.0 Å². The topological polar surface area (TPSA) is 68.0 Å². The molecule has 0 amide bonds. The average molecular weight is 237 g/mol. The zero-order valence-electron chi connectivity index (χ0n) is 10.2. The lowest BCUT2D eigenvalue weighted by Crippen LogP contribution is -2.15. The van der Waals surface area contributed by atoms with Gasteiger partial charge in [0.25, 0.3) is 0 Å². The predicted octanol–water partition coefficient (Wildman–Crippen LogP) is 1.66. The van der Waals surface area contributed by atoms with Crippen LogP contribution in [0.4, 0.5) is 0 Å². The van der Waals surface area contributed by atoms with E-state index in [-0.39, 0.29) is 6.42 Å². The van der Waals surface area contributed by atoms with Crippen LogP contribution in [0, 0.1) is 5.92 Å². The highest BCUT2D eigenvalue weighted by molar-refractivity contribution is 5.69. The van der Waals surface area contributed by atoms with E-state index in [1.165, 1.54) is 19.3 Å². The van der Waals surface area contributed by atoms with Crippen molar-refractivity contribution in [3.63, 3.8) is 0 Å². The molecule has 1 saturated carbocycles. The Kier molecular flexibility index (Phi) is 3.76. The molecule has 0 aromatic carbocycles. The maximum absolute atomic E-state index is 10.7. The van der Waals surface area contributed by atoms with Crippen molar-refractivity contribution in [2.24, 2.45) is 5.92 Å². The number of rotatable bonds is 6. The third kappa shape index (κ3) is 2.84. The standard InChI is InChI=1S/C12H19N3O2/c1-2-11-10(8-12(16)17)13-14-15(11)7-6-9-4-3-5-9/h9H,2-8H2,1H3,(H,16,17). The minimum atomic E-state index is -0.842. The Hall–Kier alpha value is -1.39. The highest BCUT2D eigenvalue weighted by Gasteiger charge is 2.19. The zero-order chi connectivity index (χ0) is 12.3. The van der Waals surface area contributed by atoms with Gasteiger partial charge in [0.15, 0.2) is 0 Å². The van der Waals surface area contributed by atoms with Gasteiger partial charge in [-0.3, -0.25) is 4.79 Å². The third-order valence-corrected chi connectivity index (χ3v) is 3.55. The second kappa shape index (κ2) is 5.29. The van der Waals surface area contributed by atoms with E-state index in [4.69, 9.17) is 5.11 Å². The van der Waals surface area contributed by atoms with Crippen molar-refractivity contribution in [1.29, 1.82) is 0 Å². The molecule has 1 aromatic rings. The summed E-state index contributed by atoms with van der Waals surface area (Å²) in [6.07, 6.45) is 5.93. The normalized spacial score (nSPS) is 15.8. The molecule has 5 heteroatoms. The van der Waals surface area contributed by atoms with Crippen molar-refractivity contribution in [1.82, 2.24) is 15.0 Å². The summed E-state index contributed by atoms with van der Waals surface area (Å²) in [6.45, 7) is 2.89. The molecule has 94 valence electrons. The lowest BCUT2D eigenvalue weighted by molar-refractivity contribution is -0.136. The van der Waals surface area contributed by atoms with Gasteiger partial charge in [-0.05, 0) is 18.8 Å². The number of aryl methyl sites for hydroxylation is 1. The van der Waals surface area contributed by atoms with Crippen molar-refractivity contribution < 1.29 is 9.90 Å². The largest absolute Gasteiger partial charge is 0.481 e. The molecule has 0 atom stereocenters. The number of aromatic nitrogens is 3. The number of nitrogens with zero attached hydrogens (tertiary/aromatic N) is 3. The average Bonchev–Trinajstić information content (AvgIpc) is 2.57. The van der Waals surface area contributed by atoms with E-state index < -0.39 is 5.97 Å². The number of hydrogen-bond acceptors (Lipinski definition) is 3. The van der Waals surface area contributed by atoms with E-state index in [1.54, 1.807) is 0 Å². The lowest BCUT2D eigenvalue weighted by Gasteiger charge is -2.25. The fraction of sp³-hybridized carbons (Fsp3) is 0.750. The van der Waals surface area contributed by atoms with Gasteiger partial charge >= 0.3 is 5.97 Å². The summed E-state index contributed by atoms with van der Waals surface area (Å²) in [5, 5.41) is 16.8. The monoisotopic (exact) mass is 237 g/mol. The number of aliphatic carboxylic acids is 1. The summed E-state index contributed by atoms with van der Waals surface area (Å²) in [6, 6.07) is 0. The molecule has 1 aromatic heterocycles. The molecule has 1 fully saturated rings. The first-order valence-electron chi connectivity index (χ1n) is 6.33. The van der Waals surface area contributed by atoms with Crippen LogP contribution in [0.25, 0.3) is 0 Å². The van der Waals surface area contributed by atoms with Crippen molar-refractivity contribution >= 4 is 5.97 Å². The van der Waals surface area contributed by atoms with Crippen LogP contribution in [0.3, 0.4) is 0 Å².